The van der Waals surface area contributed by atoms with Crippen molar-refractivity contribution in [3.05, 3.63) is 69.7 Å². The molecule has 0 aliphatic rings. The second-order valence-electron chi connectivity index (χ2n) is 5.73. The average molecular weight is 407 g/mol. The Balaban J connectivity index is 0.00000208. The van der Waals surface area contributed by atoms with E-state index in [9.17, 15) is 0 Å². The van der Waals surface area contributed by atoms with E-state index in [4.69, 9.17) is 5.73 Å². The van der Waals surface area contributed by atoms with Crippen molar-refractivity contribution in [2.45, 2.75) is 19.9 Å². The number of aryl methyl sites for hydroxylation is 1. The van der Waals surface area contributed by atoms with Crippen molar-refractivity contribution in [2.24, 2.45) is 0 Å². The fourth-order valence-electron chi connectivity index (χ4n) is 2.73. The van der Waals surface area contributed by atoms with Crippen LogP contribution in [0.5, 0.6) is 0 Å². The zero-order valence-corrected chi connectivity index (χ0v) is 16.0. The van der Waals surface area contributed by atoms with Gasteiger partial charge in [0.1, 0.15) is 5.82 Å². The first-order chi connectivity index (χ1) is 11.1. The largest absolute Gasteiger partial charge is 0.384 e. The lowest BCUT2D eigenvalue weighted by Crippen LogP contribution is -2.16. The number of hydrogen-bond acceptors (Lipinski definition) is 3. The molecule has 1 aromatic heterocycles. The van der Waals surface area contributed by atoms with Gasteiger partial charge in [-0.3, -0.25) is 0 Å². The lowest BCUT2D eigenvalue weighted by atomic mass is 10.1. The van der Waals surface area contributed by atoms with E-state index in [2.05, 4.69) is 63.5 Å². The van der Waals surface area contributed by atoms with Crippen molar-refractivity contribution >= 4 is 45.1 Å². The highest BCUT2D eigenvalue weighted by molar-refractivity contribution is 9.10. The SMILES string of the molecule is Cc1cc(N)nc2ccc(CNCCc3ccccc3Br)cc12.Cl. The maximum atomic E-state index is 5.80. The van der Waals surface area contributed by atoms with Gasteiger partial charge in [-0.15, -0.1) is 12.4 Å². The summed E-state index contributed by atoms with van der Waals surface area (Å²) in [6.07, 6.45) is 1.01. The Bertz CT molecular complexity index is 836. The van der Waals surface area contributed by atoms with Gasteiger partial charge in [0.05, 0.1) is 5.52 Å². The summed E-state index contributed by atoms with van der Waals surface area (Å²) < 4.78 is 1.17. The van der Waals surface area contributed by atoms with Gasteiger partial charge < -0.3 is 11.1 Å². The van der Waals surface area contributed by atoms with E-state index < -0.39 is 0 Å². The number of nitrogen functional groups attached to an aromatic ring is 1. The van der Waals surface area contributed by atoms with E-state index in [0.29, 0.717) is 5.82 Å². The third kappa shape index (κ3) is 4.47. The normalized spacial score (nSPS) is 10.6. The number of fused-ring (bicyclic) bond motifs is 1. The van der Waals surface area contributed by atoms with E-state index in [-0.39, 0.29) is 12.4 Å². The first-order valence-electron chi connectivity index (χ1n) is 7.73. The standard InChI is InChI=1S/C19H20BrN3.ClH/c1-13-10-19(21)23-18-7-6-14(11-16(13)18)12-22-9-8-15-4-2-3-5-17(15)20;/h2-7,10-11,22H,8-9,12H2,1H3,(H2,21,23);1H. The van der Waals surface area contributed by atoms with Crippen LogP contribution < -0.4 is 11.1 Å². The van der Waals surface area contributed by atoms with E-state index in [1.165, 1.54) is 26.5 Å². The van der Waals surface area contributed by atoms with Gasteiger partial charge >= 0.3 is 0 Å². The van der Waals surface area contributed by atoms with Gasteiger partial charge in [0.25, 0.3) is 0 Å². The van der Waals surface area contributed by atoms with Crippen LogP contribution in [-0.2, 0) is 13.0 Å². The van der Waals surface area contributed by atoms with Gasteiger partial charge in [0.15, 0.2) is 0 Å². The molecule has 0 amide bonds. The molecule has 0 aliphatic heterocycles. The molecule has 3 rings (SSSR count). The number of benzene rings is 2. The summed E-state index contributed by atoms with van der Waals surface area (Å²) in [6, 6.07) is 16.6. The highest BCUT2D eigenvalue weighted by atomic mass is 79.9. The van der Waals surface area contributed by atoms with Crippen LogP contribution in [0, 0.1) is 6.92 Å². The van der Waals surface area contributed by atoms with Crippen molar-refractivity contribution in [1.82, 2.24) is 10.3 Å². The molecule has 126 valence electrons. The van der Waals surface area contributed by atoms with Crippen LogP contribution in [0.25, 0.3) is 10.9 Å². The minimum atomic E-state index is 0. The molecule has 0 unspecified atom stereocenters. The molecule has 0 atom stereocenters. The van der Waals surface area contributed by atoms with Crippen molar-refractivity contribution in [3.63, 3.8) is 0 Å². The van der Waals surface area contributed by atoms with E-state index in [0.717, 1.165) is 25.0 Å². The second kappa shape index (κ2) is 8.47. The minimum absolute atomic E-state index is 0. The van der Waals surface area contributed by atoms with Crippen LogP contribution >= 0.6 is 28.3 Å². The number of pyridine rings is 1. The van der Waals surface area contributed by atoms with Gasteiger partial charge in [0.2, 0.25) is 0 Å². The number of rotatable bonds is 5. The predicted octanol–water partition coefficient (Wildman–Crippen LogP) is 4.64. The number of aromatic nitrogens is 1. The minimum Gasteiger partial charge on any atom is -0.384 e. The van der Waals surface area contributed by atoms with Crippen molar-refractivity contribution in [1.29, 1.82) is 0 Å². The fraction of sp³-hybridized carbons (Fsp3) is 0.211. The van der Waals surface area contributed by atoms with Crippen molar-refractivity contribution in [3.8, 4) is 0 Å². The smallest absolute Gasteiger partial charge is 0.124 e. The fourth-order valence-corrected chi connectivity index (χ4v) is 3.22. The second-order valence-corrected chi connectivity index (χ2v) is 6.59. The zero-order chi connectivity index (χ0) is 16.2. The molecule has 3 N–H and O–H groups in total. The number of halogens is 2. The summed E-state index contributed by atoms with van der Waals surface area (Å²) in [5, 5.41) is 4.68. The maximum absolute atomic E-state index is 5.80. The van der Waals surface area contributed by atoms with Crippen LogP contribution in [0.1, 0.15) is 16.7 Å². The van der Waals surface area contributed by atoms with Crippen molar-refractivity contribution < 1.29 is 0 Å². The molecule has 2 aromatic carbocycles. The quantitative estimate of drug-likeness (QED) is 0.607. The summed E-state index contributed by atoms with van der Waals surface area (Å²) in [5.74, 6) is 0.578. The number of anilines is 1. The van der Waals surface area contributed by atoms with Gasteiger partial charge in [-0.2, -0.15) is 0 Å². The summed E-state index contributed by atoms with van der Waals surface area (Å²) in [4.78, 5) is 4.38. The first-order valence-corrected chi connectivity index (χ1v) is 8.52. The summed E-state index contributed by atoms with van der Waals surface area (Å²) in [7, 11) is 0. The molecule has 3 nitrogen and oxygen atoms in total. The molecule has 0 fully saturated rings. The van der Waals surface area contributed by atoms with Crippen LogP contribution in [0.4, 0.5) is 5.82 Å². The summed E-state index contributed by atoms with van der Waals surface area (Å²) in [6.45, 7) is 3.87. The molecular formula is C19H21BrClN3. The average Bonchev–Trinajstić information content (AvgIpc) is 2.53. The highest BCUT2D eigenvalue weighted by Gasteiger charge is 2.03. The number of nitrogens with two attached hydrogens (primary N) is 1. The molecule has 5 heteroatoms. The van der Waals surface area contributed by atoms with E-state index in [1.54, 1.807) is 0 Å². The Hall–Kier alpha value is -1.62. The Morgan fingerprint density at radius 3 is 2.71 bits per heavy atom. The number of nitrogens with zero attached hydrogens (tertiary/aromatic N) is 1. The van der Waals surface area contributed by atoms with Crippen molar-refractivity contribution in [2.75, 3.05) is 12.3 Å². The number of hydrogen-bond donors (Lipinski definition) is 2. The topological polar surface area (TPSA) is 50.9 Å². The lowest BCUT2D eigenvalue weighted by molar-refractivity contribution is 0.686. The van der Waals surface area contributed by atoms with Crippen LogP contribution in [-0.4, -0.2) is 11.5 Å². The van der Waals surface area contributed by atoms with Gasteiger partial charge in [0, 0.05) is 16.4 Å². The van der Waals surface area contributed by atoms with Gasteiger partial charge in [-0.05, 0) is 60.8 Å². The molecule has 0 aliphatic carbocycles. The molecule has 1 heterocycles. The molecule has 0 saturated carbocycles. The Labute approximate surface area is 157 Å². The van der Waals surface area contributed by atoms with Crippen LogP contribution in [0.15, 0.2) is 53.0 Å². The molecule has 0 spiro atoms. The monoisotopic (exact) mass is 405 g/mol. The van der Waals surface area contributed by atoms with E-state index >= 15 is 0 Å². The molecular weight excluding hydrogens is 386 g/mol. The lowest BCUT2D eigenvalue weighted by Gasteiger charge is -2.09. The summed E-state index contributed by atoms with van der Waals surface area (Å²) >= 11 is 3.59. The summed E-state index contributed by atoms with van der Waals surface area (Å²) in [5.41, 5.74) is 10.5. The first kappa shape index (κ1) is 18.7. The Morgan fingerprint density at radius 2 is 1.92 bits per heavy atom. The molecule has 0 bridgehead atoms. The molecule has 24 heavy (non-hydrogen) atoms. The zero-order valence-electron chi connectivity index (χ0n) is 13.6. The third-order valence-electron chi connectivity index (χ3n) is 3.96. The number of nitrogens with one attached hydrogen (secondary N) is 1. The predicted molar refractivity (Wildman–Crippen MR) is 108 cm³/mol. The van der Waals surface area contributed by atoms with Gasteiger partial charge in [-0.25, -0.2) is 4.98 Å². The molecule has 3 aromatic rings. The maximum Gasteiger partial charge on any atom is 0.124 e. The highest BCUT2D eigenvalue weighted by Crippen LogP contribution is 2.20. The Kier molecular flexibility index (Phi) is 6.60. The van der Waals surface area contributed by atoms with Crippen LogP contribution in [0.2, 0.25) is 0 Å². The van der Waals surface area contributed by atoms with Gasteiger partial charge in [-0.1, -0.05) is 40.2 Å². The Morgan fingerprint density at radius 1 is 1.12 bits per heavy atom. The third-order valence-corrected chi connectivity index (χ3v) is 4.73. The van der Waals surface area contributed by atoms with E-state index in [1.807, 2.05) is 18.2 Å². The molecule has 0 radical (unpaired) electrons. The molecule has 0 saturated heterocycles. The van der Waals surface area contributed by atoms with Crippen LogP contribution in [0.3, 0.4) is 0 Å².